The van der Waals surface area contributed by atoms with Crippen LogP contribution in [0.15, 0.2) is 18.2 Å². The van der Waals surface area contributed by atoms with Gasteiger partial charge in [-0.2, -0.15) is 0 Å². The molecule has 0 radical (unpaired) electrons. The van der Waals surface area contributed by atoms with Crippen molar-refractivity contribution < 1.29 is 9.59 Å². The summed E-state index contributed by atoms with van der Waals surface area (Å²) in [5, 5.41) is 3.65. The molecular weight excluding hydrogens is 286 g/mol. The monoisotopic (exact) mass is 305 g/mol. The third-order valence-corrected chi connectivity index (χ3v) is 4.59. The molecular formula is C15H19N3O2S. The number of benzene rings is 1. The van der Waals surface area contributed by atoms with Crippen molar-refractivity contribution in [3.8, 4) is 0 Å². The Morgan fingerprint density at radius 3 is 2.76 bits per heavy atom. The Morgan fingerprint density at radius 1 is 1.43 bits per heavy atom. The number of fused-ring (bicyclic) bond motifs is 1. The first kappa shape index (κ1) is 15.4. The van der Waals surface area contributed by atoms with Crippen molar-refractivity contribution in [3.05, 3.63) is 28.8 Å². The average Bonchev–Trinajstić information content (AvgIpc) is 2.83. The fraction of sp³-hybridized carbons (Fsp3) is 0.400. The van der Waals surface area contributed by atoms with Gasteiger partial charge in [0.1, 0.15) is 6.04 Å². The van der Waals surface area contributed by atoms with Crippen LogP contribution in [0.5, 0.6) is 0 Å². The molecule has 3 N–H and O–H groups in total. The number of carbonyl (C=O) groups excluding carboxylic acids is 2. The maximum Gasteiger partial charge on any atom is 0.253 e. The number of nitrogens with two attached hydrogens (primary N) is 1. The lowest BCUT2D eigenvalue weighted by Crippen LogP contribution is -2.48. The van der Waals surface area contributed by atoms with E-state index in [1.165, 1.54) is 11.3 Å². The smallest absolute Gasteiger partial charge is 0.253 e. The molecule has 0 fully saturated rings. The summed E-state index contributed by atoms with van der Waals surface area (Å²) in [5.41, 5.74) is 6.72. The van der Waals surface area contributed by atoms with Crippen LogP contribution in [0.3, 0.4) is 0 Å². The van der Waals surface area contributed by atoms with Crippen LogP contribution in [0.1, 0.15) is 35.6 Å². The second kappa shape index (κ2) is 6.22. The van der Waals surface area contributed by atoms with Crippen molar-refractivity contribution in [2.45, 2.75) is 33.2 Å². The van der Waals surface area contributed by atoms with E-state index >= 15 is 0 Å². The molecule has 0 spiro atoms. The first-order valence-electron chi connectivity index (χ1n) is 6.90. The maximum atomic E-state index is 12.5. The van der Waals surface area contributed by atoms with Crippen LogP contribution in [0, 0.1) is 12.8 Å². The van der Waals surface area contributed by atoms with Gasteiger partial charge in [-0.25, -0.2) is 4.98 Å². The van der Waals surface area contributed by atoms with Crippen LogP contribution >= 0.6 is 11.3 Å². The summed E-state index contributed by atoms with van der Waals surface area (Å²) in [7, 11) is 0. The highest BCUT2D eigenvalue weighted by Gasteiger charge is 2.25. The van der Waals surface area contributed by atoms with Crippen LogP contribution in [-0.4, -0.2) is 22.8 Å². The van der Waals surface area contributed by atoms with Crippen LogP contribution in [0.25, 0.3) is 10.2 Å². The first-order chi connectivity index (χ1) is 9.93. The van der Waals surface area contributed by atoms with Gasteiger partial charge in [0.05, 0.1) is 20.8 Å². The van der Waals surface area contributed by atoms with Gasteiger partial charge in [-0.1, -0.05) is 26.3 Å². The lowest BCUT2D eigenvalue weighted by atomic mass is 9.98. The number of primary amides is 1. The predicted octanol–water partition coefficient (Wildman–Crippen LogP) is 2.23. The predicted molar refractivity (Wildman–Crippen MR) is 84.3 cm³/mol. The minimum absolute atomic E-state index is 0.00569. The van der Waals surface area contributed by atoms with E-state index in [1.54, 1.807) is 12.1 Å². The molecule has 0 saturated carbocycles. The summed E-state index contributed by atoms with van der Waals surface area (Å²) >= 11 is 1.47. The average molecular weight is 305 g/mol. The number of amides is 2. The Bertz CT molecular complexity index is 681. The summed E-state index contributed by atoms with van der Waals surface area (Å²) in [6, 6.07) is 4.74. The van der Waals surface area contributed by atoms with Gasteiger partial charge in [-0.05, 0) is 25.0 Å². The Hall–Kier alpha value is -1.95. The molecule has 0 bridgehead atoms. The molecule has 1 aromatic carbocycles. The Labute approximate surface area is 127 Å². The number of carbonyl (C=O) groups is 2. The molecule has 1 heterocycles. The van der Waals surface area contributed by atoms with Crippen molar-refractivity contribution in [2.24, 2.45) is 11.7 Å². The summed E-state index contributed by atoms with van der Waals surface area (Å²) in [6.07, 6.45) is 0.762. The Balaban J connectivity index is 2.31. The minimum Gasteiger partial charge on any atom is -0.368 e. The molecule has 5 nitrogen and oxygen atoms in total. The standard InChI is InChI=1S/C15H19N3O2S/c1-4-8(2)12(14(16)19)18-15(20)10-6-5-7-11-13(10)21-9(3)17-11/h5-8,12H,4H2,1-3H3,(H2,16,19)(H,18,20)/t8-,12-/m0/s1. The van der Waals surface area contributed by atoms with Crippen molar-refractivity contribution in [1.82, 2.24) is 10.3 Å². The molecule has 112 valence electrons. The highest BCUT2D eigenvalue weighted by Crippen LogP contribution is 2.25. The van der Waals surface area contributed by atoms with Crippen LogP contribution in [-0.2, 0) is 4.79 Å². The second-order valence-electron chi connectivity index (χ2n) is 5.13. The molecule has 1 aromatic heterocycles. The highest BCUT2D eigenvalue weighted by molar-refractivity contribution is 7.18. The lowest BCUT2D eigenvalue weighted by Gasteiger charge is -2.21. The Kier molecular flexibility index (Phi) is 4.57. The molecule has 2 aromatic rings. The maximum absolute atomic E-state index is 12.5. The zero-order chi connectivity index (χ0) is 15.6. The van der Waals surface area contributed by atoms with Gasteiger partial charge in [-0.3, -0.25) is 9.59 Å². The van der Waals surface area contributed by atoms with E-state index in [0.29, 0.717) is 5.56 Å². The number of rotatable bonds is 5. The summed E-state index contributed by atoms with van der Waals surface area (Å²) < 4.78 is 0.833. The minimum atomic E-state index is -0.660. The number of nitrogens with zero attached hydrogens (tertiary/aromatic N) is 1. The zero-order valence-corrected chi connectivity index (χ0v) is 13.2. The molecule has 0 unspecified atom stereocenters. The molecule has 21 heavy (non-hydrogen) atoms. The molecule has 0 aliphatic carbocycles. The first-order valence-corrected chi connectivity index (χ1v) is 7.72. The molecule has 0 saturated heterocycles. The van der Waals surface area contributed by atoms with Crippen LogP contribution in [0.4, 0.5) is 0 Å². The topological polar surface area (TPSA) is 85.1 Å². The van der Waals surface area contributed by atoms with Crippen molar-refractivity contribution in [2.75, 3.05) is 0 Å². The normalized spacial score (nSPS) is 13.9. The van der Waals surface area contributed by atoms with Gasteiger partial charge in [0.15, 0.2) is 0 Å². The molecule has 2 atom stereocenters. The molecule has 2 amide bonds. The number of hydrogen-bond donors (Lipinski definition) is 2. The largest absolute Gasteiger partial charge is 0.368 e. The second-order valence-corrected chi connectivity index (χ2v) is 6.33. The number of thiazole rings is 1. The van der Waals surface area contributed by atoms with E-state index < -0.39 is 11.9 Å². The third kappa shape index (κ3) is 3.21. The van der Waals surface area contributed by atoms with E-state index in [-0.39, 0.29) is 11.8 Å². The summed E-state index contributed by atoms with van der Waals surface area (Å²) in [6.45, 7) is 5.75. The van der Waals surface area contributed by atoms with E-state index in [9.17, 15) is 9.59 Å². The third-order valence-electron chi connectivity index (χ3n) is 3.57. The van der Waals surface area contributed by atoms with Crippen LogP contribution in [0.2, 0.25) is 0 Å². The van der Waals surface area contributed by atoms with Gasteiger partial charge >= 0.3 is 0 Å². The van der Waals surface area contributed by atoms with Gasteiger partial charge in [0.25, 0.3) is 5.91 Å². The van der Waals surface area contributed by atoms with Gasteiger partial charge < -0.3 is 11.1 Å². The number of aryl methyl sites for hydroxylation is 1. The van der Waals surface area contributed by atoms with E-state index in [0.717, 1.165) is 21.6 Å². The lowest BCUT2D eigenvalue weighted by molar-refractivity contribution is -0.120. The zero-order valence-electron chi connectivity index (χ0n) is 12.3. The molecule has 2 rings (SSSR count). The SMILES string of the molecule is CC[C@H](C)[C@H](NC(=O)c1cccc2nc(C)sc12)C(N)=O. The molecule has 6 heteroatoms. The van der Waals surface area contributed by atoms with Gasteiger partial charge in [-0.15, -0.1) is 11.3 Å². The van der Waals surface area contributed by atoms with E-state index in [1.807, 2.05) is 26.8 Å². The van der Waals surface area contributed by atoms with Gasteiger partial charge in [0.2, 0.25) is 5.91 Å². The number of aromatic nitrogens is 1. The summed E-state index contributed by atoms with van der Waals surface area (Å²) in [4.78, 5) is 28.4. The van der Waals surface area contributed by atoms with Gasteiger partial charge in [0, 0.05) is 0 Å². The van der Waals surface area contributed by atoms with Crippen molar-refractivity contribution in [3.63, 3.8) is 0 Å². The number of hydrogen-bond acceptors (Lipinski definition) is 4. The molecule has 0 aliphatic rings. The van der Waals surface area contributed by atoms with Crippen molar-refractivity contribution >= 4 is 33.4 Å². The van der Waals surface area contributed by atoms with E-state index in [4.69, 9.17) is 5.73 Å². The summed E-state index contributed by atoms with van der Waals surface area (Å²) in [5.74, 6) is -0.799. The van der Waals surface area contributed by atoms with Crippen LogP contribution < -0.4 is 11.1 Å². The fourth-order valence-corrected chi connectivity index (χ4v) is 3.12. The van der Waals surface area contributed by atoms with Crippen molar-refractivity contribution in [1.29, 1.82) is 0 Å². The van der Waals surface area contributed by atoms with E-state index in [2.05, 4.69) is 10.3 Å². The Morgan fingerprint density at radius 2 is 2.14 bits per heavy atom. The molecule has 0 aliphatic heterocycles. The number of nitrogens with one attached hydrogen (secondary N) is 1. The quantitative estimate of drug-likeness (QED) is 0.888. The highest BCUT2D eigenvalue weighted by atomic mass is 32.1. The fourth-order valence-electron chi connectivity index (χ4n) is 2.19.